The van der Waals surface area contributed by atoms with Gasteiger partial charge in [-0.1, -0.05) is 26.2 Å². The quantitative estimate of drug-likeness (QED) is 0.476. The van der Waals surface area contributed by atoms with E-state index in [-0.39, 0.29) is 26.1 Å². The molecule has 0 heterocycles. The first-order valence-corrected chi connectivity index (χ1v) is 6.29. The Hall–Kier alpha value is -1.14. The molecule has 3 N–H and O–H groups in total. The van der Waals surface area contributed by atoms with E-state index in [1.165, 1.54) is 4.90 Å². The molecule has 1 unspecified atom stereocenters. The molecule has 0 aromatic rings. The lowest BCUT2D eigenvalue weighted by molar-refractivity contribution is -0.141. The molecule has 0 rings (SSSR count). The van der Waals surface area contributed by atoms with E-state index < -0.39 is 18.0 Å². The summed E-state index contributed by atoms with van der Waals surface area (Å²) in [7, 11) is 0. The Morgan fingerprint density at radius 3 is 2.33 bits per heavy atom. The highest BCUT2D eigenvalue weighted by Crippen LogP contribution is 2.05. The van der Waals surface area contributed by atoms with Gasteiger partial charge in [0.15, 0.2) is 0 Å². The van der Waals surface area contributed by atoms with Gasteiger partial charge >= 0.3 is 11.9 Å². The predicted molar refractivity (Wildman–Crippen MR) is 66.5 cm³/mol. The van der Waals surface area contributed by atoms with Crippen LogP contribution in [-0.4, -0.2) is 57.9 Å². The average Bonchev–Trinajstić information content (AvgIpc) is 2.25. The van der Waals surface area contributed by atoms with Crippen LogP contribution in [0.1, 0.15) is 39.0 Å². The number of aliphatic carboxylic acids is 2. The van der Waals surface area contributed by atoms with Crippen LogP contribution in [0.3, 0.4) is 0 Å². The van der Waals surface area contributed by atoms with Gasteiger partial charge in [-0.05, 0) is 6.42 Å². The molecule has 0 aromatic heterocycles. The molecule has 18 heavy (non-hydrogen) atoms. The van der Waals surface area contributed by atoms with E-state index in [1.807, 2.05) is 0 Å². The maximum atomic E-state index is 10.6. The van der Waals surface area contributed by atoms with Gasteiger partial charge in [-0.2, -0.15) is 0 Å². The van der Waals surface area contributed by atoms with Crippen molar-refractivity contribution >= 4 is 11.9 Å². The van der Waals surface area contributed by atoms with Crippen LogP contribution in [0.2, 0.25) is 0 Å². The minimum atomic E-state index is -1.01. The van der Waals surface area contributed by atoms with Crippen LogP contribution in [0.25, 0.3) is 0 Å². The third kappa shape index (κ3) is 10.0. The zero-order valence-corrected chi connectivity index (χ0v) is 10.8. The maximum absolute atomic E-state index is 10.6. The number of aliphatic hydroxyl groups is 1. The molecular weight excluding hydrogens is 238 g/mol. The second-order valence-corrected chi connectivity index (χ2v) is 4.42. The first-order valence-electron chi connectivity index (χ1n) is 6.29. The van der Waals surface area contributed by atoms with Crippen LogP contribution >= 0.6 is 0 Å². The molecule has 0 aliphatic rings. The minimum Gasteiger partial charge on any atom is -0.481 e. The van der Waals surface area contributed by atoms with Gasteiger partial charge in [0.2, 0.25) is 0 Å². The van der Waals surface area contributed by atoms with E-state index in [0.29, 0.717) is 6.42 Å². The lowest BCUT2D eigenvalue weighted by Gasteiger charge is -2.22. The van der Waals surface area contributed by atoms with Crippen molar-refractivity contribution in [2.24, 2.45) is 0 Å². The Labute approximate surface area is 107 Å². The molecule has 0 spiro atoms. The van der Waals surface area contributed by atoms with Crippen molar-refractivity contribution in [3.8, 4) is 0 Å². The molecule has 0 radical (unpaired) electrons. The second-order valence-electron chi connectivity index (χ2n) is 4.42. The number of aliphatic hydroxyl groups excluding tert-OH is 1. The molecule has 6 nitrogen and oxygen atoms in total. The van der Waals surface area contributed by atoms with Gasteiger partial charge in [0.05, 0.1) is 19.1 Å². The Kier molecular flexibility index (Phi) is 9.22. The summed E-state index contributed by atoms with van der Waals surface area (Å²) in [6.45, 7) is 2.18. The summed E-state index contributed by atoms with van der Waals surface area (Å²) in [5.41, 5.74) is 0. The Morgan fingerprint density at radius 2 is 1.83 bits per heavy atom. The number of rotatable bonds is 11. The molecule has 0 bridgehead atoms. The number of carboxylic acids is 2. The lowest BCUT2D eigenvalue weighted by Crippen LogP contribution is -2.37. The summed E-state index contributed by atoms with van der Waals surface area (Å²) in [4.78, 5) is 22.5. The zero-order valence-electron chi connectivity index (χ0n) is 10.8. The fourth-order valence-corrected chi connectivity index (χ4v) is 1.70. The van der Waals surface area contributed by atoms with E-state index >= 15 is 0 Å². The summed E-state index contributed by atoms with van der Waals surface area (Å²) in [6.07, 6.45) is 2.91. The number of carbonyl (C=O) groups is 2. The summed E-state index contributed by atoms with van der Waals surface area (Å²) in [5, 5.41) is 27.0. The number of unbranched alkanes of at least 4 members (excludes halogenated alkanes) is 2. The largest absolute Gasteiger partial charge is 0.481 e. The minimum absolute atomic E-state index is 0.116. The number of hydrogen-bond acceptors (Lipinski definition) is 4. The summed E-state index contributed by atoms with van der Waals surface area (Å²) >= 11 is 0. The van der Waals surface area contributed by atoms with Gasteiger partial charge in [-0.3, -0.25) is 14.5 Å². The highest BCUT2D eigenvalue weighted by molar-refractivity contribution is 5.69. The molecule has 0 saturated heterocycles. The van der Waals surface area contributed by atoms with Crippen molar-refractivity contribution in [1.29, 1.82) is 0 Å². The van der Waals surface area contributed by atoms with Crippen LogP contribution in [-0.2, 0) is 9.59 Å². The van der Waals surface area contributed by atoms with Gasteiger partial charge < -0.3 is 15.3 Å². The molecular formula is C12H23NO5. The monoisotopic (exact) mass is 261 g/mol. The molecule has 1 atom stereocenters. The van der Waals surface area contributed by atoms with Crippen LogP contribution in [0.4, 0.5) is 0 Å². The van der Waals surface area contributed by atoms with Gasteiger partial charge in [0.1, 0.15) is 0 Å². The Morgan fingerprint density at radius 1 is 1.17 bits per heavy atom. The standard InChI is InChI=1S/C12H23NO5/c1-2-3-4-5-10(14)8-13(9-12(17)18)7-6-11(15)16/h10,14H,2-9H2,1H3,(H,15,16)(H,17,18). The molecule has 106 valence electrons. The van der Waals surface area contributed by atoms with Crippen molar-refractivity contribution in [1.82, 2.24) is 4.90 Å². The molecule has 0 saturated carbocycles. The third-order valence-corrected chi connectivity index (χ3v) is 2.61. The smallest absolute Gasteiger partial charge is 0.317 e. The Balaban J connectivity index is 4.04. The Bertz CT molecular complexity index is 257. The lowest BCUT2D eigenvalue weighted by atomic mass is 10.1. The molecule has 0 aromatic carbocycles. The van der Waals surface area contributed by atoms with Gasteiger partial charge in [0.25, 0.3) is 0 Å². The van der Waals surface area contributed by atoms with Crippen molar-refractivity contribution < 1.29 is 24.9 Å². The number of hydrogen-bond donors (Lipinski definition) is 3. The highest BCUT2D eigenvalue weighted by Gasteiger charge is 2.15. The second kappa shape index (κ2) is 9.85. The molecule has 0 aliphatic carbocycles. The topological polar surface area (TPSA) is 98.1 Å². The molecule has 6 heteroatoms. The molecule has 0 fully saturated rings. The first-order chi connectivity index (χ1) is 8.45. The van der Waals surface area contributed by atoms with Crippen LogP contribution in [0, 0.1) is 0 Å². The predicted octanol–water partition coefficient (Wildman–Crippen LogP) is 0.789. The molecule has 0 aliphatic heterocycles. The van der Waals surface area contributed by atoms with Gasteiger partial charge in [0, 0.05) is 13.1 Å². The SMILES string of the molecule is CCCCCC(O)CN(CCC(=O)O)CC(=O)O. The van der Waals surface area contributed by atoms with Gasteiger partial charge in [-0.25, -0.2) is 0 Å². The summed E-state index contributed by atoms with van der Waals surface area (Å²) < 4.78 is 0. The van der Waals surface area contributed by atoms with Crippen molar-refractivity contribution in [3.63, 3.8) is 0 Å². The van der Waals surface area contributed by atoms with Crippen molar-refractivity contribution in [3.05, 3.63) is 0 Å². The van der Waals surface area contributed by atoms with E-state index in [9.17, 15) is 14.7 Å². The van der Waals surface area contributed by atoms with E-state index in [1.54, 1.807) is 0 Å². The zero-order chi connectivity index (χ0) is 14.0. The maximum Gasteiger partial charge on any atom is 0.317 e. The fourth-order valence-electron chi connectivity index (χ4n) is 1.70. The van der Waals surface area contributed by atoms with Crippen LogP contribution in [0.5, 0.6) is 0 Å². The van der Waals surface area contributed by atoms with E-state index in [4.69, 9.17) is 10.2 Å². The average molecular weight is 261 g/mol. The van der Waals surface area contributed by atoms with Crippen molar-refractivity contribution in [2.75, 3.05) is 19.6 Å². The summed E-state index contributed by atoms with van der Waals surface area (Å²) in [6, 6.07) is 0. The van der Waals surface area contributed by atoms with Gasteiger partial charge in [-0.15, -0.1) is 0 Å². The molecule has 0 amide bonds. The highest BCUT2D eigenvalue weighted by atomic mass is 16.4. The van der Waals surface area contributed by atoms with E-state index in [0.717, 1.165) is 19.3 Å². The fraction of sp³-hybridized carbons (Fsp3) is 0.833. The van der Waals surface area contributed by atoms with Crippen molar-refractivity contribution in [2.45, 2.75) is 45.1 Å². The van der Waals surface area contributed by atoms with Crippen LogP contribution < -0.4 is 0 Å². The number of nitrogens with zero attached hydrogens (tertiary/aromatic N) is 1. The van der Waals surface area contributed by atoms with Crippen LogP contribution in [0.15, 0.2) is 0 Å². The first kappa shape index (κ1) is 16.9. The normalized spacial score (nSPS) is 12.6. The van der Waals surface area contributed by atoms with E-state index in [2.05, 4.69) is 6.92 Å². The summed E-state index contributed by atoms with van der Waals surface area (Å²) in [5.74, 6) is -1.98. The third-order valence-electron chi connectivity index (χ3n) is 2.61. The number of carboxylic acid groups (broad SMARTS) is 2.